The number of carbonyl (C=O) groups is 3. The van der Waals surface area contributed by atoms with Crippen LogP contribution in [0.4, 0.5) is 0 Å². The van der Waals surface area contributed by atoms with Crippen molar-refractivity contribution < 1.29 is 29.3 Å². The van der Waals surface area contributed by atoms with Crippen LogP contribution in [-0.4, -0.2) is 45.7 Å². The minimum atomic E-state index is -1.88. The smallest absolute Gasteiger partial charge is 0.338 e. The highest BCUT2D eigenvalue weighted by molar-refractivity contribution is 8.76. The third-order valence-electron chi connectivity index (χ3n) is 4.16. The van der Waals surface area contributed by atoms with Crippen molar-refractivity contribution in [1.29, 1.82) is 0 Å². The molecule has 0 radical (unpaired) electrons. The molecule has 2 aromatic rings. The maximum absolute atomic E-state index is 12.6. The molecule has 0 fully saturated rings. The van der Waals surface area contributed by atoms with Gasteiger partial charge in [0.2, 0.25) is 0 Å². The molecule has 0 spiro atoms. The number of nitrogens with two attached hydrogens (primary N) is 2. The molecule has 0 saturated carbocycles. The predicted octanol–water partition coefficient (Wildman–Crippen LogP) is 2.08. The number of carboxylic acid groups (broad SMARTS) is 2. The summed E-state index contributed by atoms with van der Waals surface area (Å²) >= 11 is 0. The summed E-state index contributed by atoms with van der Waals surface area (Å²) in [4.78, 5) is 35.4. The Morgan fingerprint density at radius 1 is 1.00 bits per heavy atom. The van der Waals surface area contributed by atoms with Gasteiger partial charge in [-0.1, -0.05) is 70.1 Å². The van der Waals surface area contributed by atoms with E-state index in [2.05, 4.69) is 0 Å². The van der Waals surface area contributed by atoms with Gasteiger partial charge in [-0.25, -0.2) is 9.59 Å². The van der Waals surface area contributed by atoms with Gasteiger partial charge in [0.1, 0.15) is 12.6 Å². The summed E-state index contributed by atoms with van der Waals surface area (Å²) in [5, 5.41) is 18.6. The van der Waals surface area contributed by atoms with Gasteiger partial charge in [0.25, 0.3) is 0 Å². The van der Waals surface area contributed by atoms with Crippen molar-refractivity contribution in [3.8, 4) is 0 Å². The zero-order valence-corrected chi connectivity index (χ0v) is 17.5. The molecule has 2 rings (SSSR count). The Bertz CT molecular complexity index is 896. The highest BCUT2D eigenvalue weighted by atomic mass is 33.1. The Hall–Kier alpha value is -2.53. The maximum Gasteiger partial charge on any atom is 0.338 e. The number of rotatable bonds is 11. The largest absolute Gasteiger partial charge is 0.480 e. The summed E-state index contributed by atoms with van der Waals surface area (Å²) in [7, 11) is 2.18. The van der Waals surface area contributed by atoms with Crippen molar-refractivity contribution in [2.75, 3.05) is 11.5 Å². The third kappa shape index (κ3) is 6.23. The van der Waals surface area contributed by atoms with E-state index in [0.29, 0.717) is 0 Å². The summed E-state index contributed by atoms with van der Waals surface area (Å²) in [5.74, 6) is -3.18. The number of carbonyl (C=O) groups excluding carboxylic acids is 1. The molecule has 0 aromatic heterocycles. The van der Waals surface area contributed by atoms with E-state index in [9.17, 15) is 19.5 Å². The molecule has 6 N–H and O–H groups in total. The van der Waals surface area contributed by atoms with Crippen LogP contribution in [0.1, 0.15) is 21.5 Å². The summed E-state index contributed by atoms with van der Waals surface area (Å²) in [5.41, 5.74) is 10.7. The molecule has 0 aliphatic carbocycles. The van der Waals surface area contributed by atoms with Crippen LogP contribution in [0.25, 0.3) is 0 Å². The Balaban J connectivity index is 2.14. The minimum Gasteiger partial charge on any atom is -0.480 e. The SMILES string of the molecule is N[C@@H](CSSC[C@](N)(C(=O)O)c1ccccc1C(=O)OCc1ccccc1)C(=O)O. The molecule has 2 aromatic carbocycles. The first-order chi connectivity index (χ1) is 14.3. The van der Waals surface area contributed by atoms with Gasteiger partial charge in [-0.15, -0.1) is 0 Å². The van der Waals surface area contributed by atoms with Gasteiger partial charge in [0.15, 0.2) is 5.54 Å². The Morgan fingerprint density at radius 2 is 1.63 bits per heavy atom. The van der Waals surface area contributed by atoms with Gasteiger partial charge in [0.05, 0.1) is 5.56 Å². The van der Waals surface area contributed by atoms with Gasteiger partial charge in [0, 0.05) is 11.5 Å². The lowest BCUT2D eigenvalue weighted by Crippen LogP contribution is -2.48. The molecule has 0 saturated heterocycles. The lowest BCUT2D eigenvalue weighted by atomic mass is 9.89. The van der Waals surface area contributed by atoms with Crippen molar-refractivity contribution in [3.05, 3.63) is 71.3 Å². The van der Waals surface area contributed by atoms with Crippen molar-refractivity contribution in [3.63, 3.8) is 0 Å². The number of aliphatic carboxylic acids is 2. The first-order valence-electron chi connectivity index (χ1n) is 8.81. The van der Waals surface area contributed by atoms with E-state index in [1.165, 1.54) is 12.1 Å². The standard InChI is InChI=1S/C20H22N2O6S2/c21-16(17(23)24)11-29-30-12-20(22,19(26)27)15-9-5-4-8-14(15)18(25)28-10-13-6-2-1-3-7-13/h1-9,16H,10-12,21-22H2,(H,23,24)(H,26,27)/t16-,20+/m0/s1. The first-order valence-corrected chi connectivity index (χ1v) is 11.3. The number of ether oxygens (including phenoxy) is 1. The molecule has 0 aliphatic rings. The lowest BCUT2D eigenvalue weighted by molar-refractivity contribution is -0.142. The molecule has 0 unspecified atom stereocenters. The summed E-state index contributed by atoms with van der Waals surface area (Å²) in [6.07, 6.45) is 0. The monoisotopic (exact) mass is 450 g/mol. The fraction of sp³-hybridized carbons (Fsp3) is 0.250. The number of benzene rings is 2. The van der Waals surface area contributed by atoms with Crippen molar-refractivity contribution >= 4 is 39.5 Å². The summed E-state index contributed by atoms with van der Waals surface area (Å²) < 4.78 is 5.33. The van der Waals surface area contributed by atoms with E-state index < -0.39 is 29.5 Å². The normalized spacial score (nSPS) is 13.8. The number of hydrogen-bond donors (Lipinski definition) is 4. The van der Waals surface area contributed by atoms with E-state index in [1.807, 2.05) is 18.2 Å². The van der Waals surface area contributed by atoms with Crippen LogP contribution < -0.4 is 11.5 Å². The molecule has 30 heavy (non-hydrogen) atoms. The molecule has 0 aliphatic heterocycles. The third-order valence-corrected chi connectivity index (χ3v) is 6.65. The van der Waals surface area contributed by atoms with Gasteiger partial charge < -0.3 is 26.4 Å². The number of hydrogen-bond acceptors (Lipinski definition) is 8. The fourth-order valence-corrected chi connectivity index (χ4v) is 4.90. The quantitative estimate of drug-likeness (QED) is 0.227. The average molecular weight is 451 g/mol. The van der Waals surface area contributed by atoms with Crippen molar-refractivity contribution in [2.24, 2.45) is 11.5 Å². The van der Waals surface area contributed by atoms with Crippen LogP contribution in [-0.2, 0) is 26.5 Å². The molecule has 0 bridgehead atoms. The molecular formula is C20H22N2O6S2. The van der Waals surface area contributed by atoms with Gasteiger partial charge in [-0.3, -0.25) is 4.79 Å². The van der Waals surface area contributed by atoms with Crippen LogP contribution in [0.3, 0.4) is 0 Å². The van der Waals surface area contributed by atoms with Crippen LogP contribution in [0.5, 0.6) is 0 Å². The van der Waals surface area contributed by atoms with Crippen molar-refractivity contribution in [1.82, 2.24) is 0 Å². The molecule has 2 atom stereocenters. The Kier molecular flexibility index (Phi) is 8.72. The minimum absolute atomic E-state index is 0.0380. The molecule has 0 heterocycles. The predicted molar refractivity (Wildman–Crippen MR) is 116 cm³/mol. The zero-order valence-electron chi connectivity index (χ0n) is 15.9. The zero-order chi connectivity index (χ0) is 22.1. The second kappa shape index (κ2) is 11.0. The van der Waals surface area contributed by atoms with Crippen LogP contribution in [0.2, 0.25) is 0 Å². The Labute approximate surface area is 181 Å². The molecule has 10 heteroatoms. The number of esters is 1. The van der Waals surface area contributed by atoms with Crippen molar-refractivity contribution in [2.45, 2.75) is 18.2 Å². The second-order valence-electron chi connectivity index (χ2n) is 6.38. The van der Waals surface area contributed by atoms with E-state index in [-0.39, 0.29) is 29.2 Å². The van der Waals surface area contributed by atoms with Crippen LogP contribution in [0, 0.1) is 0 Å². The lowest BCUT2D eigenvalue weighted by Gasteiger charge is -2.26. The van der Waals surface area contributed by atoms with E-state index in [0.717, 1.165) is 27.2 Å². The highest BCUT2D eigenvalue weighted by Crippen LogP contribution is 2.32. The highest BCUT2D eigenvalue weighted by Gasteiger charge is 2.39. The molecule has 0 amide bonds. The summed E-state index contributed by atoms with van der Waals surface area (Å²) in [6.45, 7) is 0.0380. The number of carboxylic acids is 2. The maximum atomic E-state index is 12.6. The van der Waals surface area contributed by atoms with E-state index in [1.54, 1.807) is 24.3 Å². The van der Waals surface area contributed by atoms with Crippen LogP contribution in [0.15, 0.2) is 54.6 Å². The second-order valence-corrected chi connectivity index (χ2v) is 8.88. The fourth-order valence-electron chi connectivity index (χ4n) is 2.43. The Morgan fingerprint density at radius 3 is 2.27 bits per heavy atom. The van der Waals surface area contributed by atoms with E-state index in [4.69, 9.17) is 21.3 Å². The summed E-state index contributed by atoms with van der Waals surface area (Å²) in [6, 6.07) is 14.1. The average Bonchev–Trinajstić information content (AvgIpc) is 2.75. The molecule has 8 nitrogen and oxygen atoms in total. The van der Waals surface area contributed by atoms with Crippen LogP contribution >= 0.6 is 21.6 Å². The van der Waals surface area contributed by atoms with Gasteiger partial charge in [-0.2, -0.15) is 0 Å². The topological polar surface area (TPSA) is 153 Å². The molecular weight excluding hydrogens is 428 g/mol. The first kappa shape index (κ1) is 23.7. The van der Waals surface area contributed by atoms with E-state index >= 15 is 0 Å². The van der Waals surface area contributed by atoms with Gasteiger partial charge >= 0.3 is 17.9 Å². The van der Waals surface area contributed by atoms with Gasteiger partial charge in [-0.05, 0) is 17.2 Å². The molecule has 160 valence electrons.